The molecular weight excluding hydrogens is 717 g/mol. The number of fused-ring (bicyclic) bond motifs is 9. The van der Waals surface area contributed by atoms with Gasteiger partial charge in [-0.1, -0.05) is 121 Å². The fourth-order valence-electron chi connectivity index (χ4n) is 10.4. The van der Waals surface area contributed by atoms with Crippen molar-refractivity contribution in [3.05, 3.63) is 211 Å². The molecule has 284 valence electrons. The molecule has 4 nitrogen and oxygen atoms in total. The van der Waals surface area contributed by atoms with E-state index < -0.39 is 0 Å². The summed E-state index contributed by atoms with van der Waals surface area (Å²) in [6.07, 6.45) is 23.2. The second kappa shape index (κ2) is 13.3. The van der Waals surface area contributed by atoms with Gasteiger partial charge >= 0.3 is 0 Å². The van der Waals surface area contributed by atoms with Crippen LogP contribution in [0.15, 0.2) is 200 Å². The van der Waals surface area contributed by atoms with Crippen LogP contribution in [0.4, 0.5) is 5.69 Å². The van der Waals surface area contributed by atoms with Crippen LogP contribution in [0.5, 0.6) is 0 Å². The van der Waals surface area contributed by atoms with Gasteiger partial charge in [-0.15, -0.1) is 0 Å². The van der Waals surface area contributed by atoms with E-state index in [0.29, 0.717) is 0 Å². The lowest BCUT2D eigenvalue weighted by molar-refractivity contribution is 0.435. The van der Waals surface area contributed by atoms with Gasteiger partial charge < -0.3 is 18.6 Å². The Morgan fingerprint density at radius 3 is 1.71 bits per heavy atom. The number of hydrogen-bond donors (Lipinski definition) is 0. The minimum Gasteiger partial charge on any atom is -0.333 e. The lowest BCUT2D eigenvalue weighted by Crippen LogP contribution is -2.31. The Morgan fingerprint density at radius 1 is 0.559 bits per heavy atom. The van der Waals surface area contributed by atoms with Crippen LogP contribution >= 0.6 is 0 Å². The van der Waals surface area contributed by atoms with Crippen LogP contribution < -0.4 is 4.90 Å². The number of anilines is 1. The average Bonchev–Trinajstić information content (AvgIpc) is 3.94. The van der Waals surface area contributed by atoms with Gasteiger partial charge in [0.05, 0.1) is 22.6 Å². The number of aromatic nitrogens is 3. The lowest BCUT2D eigenvalue weighted by Gasteiger charge is -2.36. The summed E-state index contributed by atoms with van der Waals surface area (Å²) in [6, 6.07) is 53.6. The van der Waals surface area contributed by atoms with E-state index in [1.54, 1.807) is 0 Å². The van der Waals surface area contributed by atoms with Crippen molar-refractivity contribution in [1.82, 2.24) is 13.7 Å². The quantitative estimate of drug-likeness (QED) is 0.165. The maximum atomic E-state index is 2.58. The van der Waals surface area contributed by atoms with E-state index in [1.807, 2.05) is 0 Å². The molecule has 3 aliphatic carbocycles. The van der Waals surface area contributed by atoms with E-state index in [9.17, 15) is 0 Å². The van der Waals surface area contributed by atoms with Gasteiger partial charge in [0.2, 0.25) is 0 Å². The summed E-state index contributed by atoms with van der Waals surface area (Å²) in [5, 5.41) is 6.55. The lowest BCUT2D eigenvalue weighted by atomic mass is 9.90. The zero-order chi connectivity index (χ0) is 39.1. The Morgan fingerprint density at radius 2 is 1.12 bits per heavy atom. The van der Waals surface area contributed by atoms with Gasteiger partial charge in [0.1, 0.15) is 0 Å². The molecule has 2 unspecified atom stereocenters. The van der Waals surface area contributed by atoms with Gasteiger partial charge in [-0.25, -0.2) is 0 Å². The van der Waals surface area contributed by atoms with Crippen molar-refractivity contribution < 1.29 is 0 Å². The predicted octanol–water partition coefficient (Wildman–Crippen LogP) is 14.0. The summed E-state index contributed by atoms with van der Waals surface area (Å²) >= 11 is 0. The molecular formula is C55H44N4. The molecule has 0 N–H and O–H groups in total. The fraction of sp³-hybridized carbons (Fsp3) is 0.127. The van der Waals surface area contributed by atoms with E-state index in [4.69, 9.17) is 0 Å². The van der Waals surface area contributed by atoms with Gasteiger partial charge in [0, 0.05) is 71.9 Å². The highest BCUT2D eigenvalue weighted by molar-refractivity contribution is 6.10. The number of para-hydroxylation sites is 5. The summed E-state index contributed by atoms with van der Waals surface area (Å²) in [6.45, 7) is 2.38. The molecule has 3 aliphatic rings. The summed E-state index contributed by atoms with van der Waals surface area (Å²) in [4.78, 5) is 2.47. The highest BCUT2D eigenvalue weighted by atomic mass is 15.2. The first-order valence-corrected chi connectivity index (χ1v) is 21.1. The van der Waals surface area contributed by atoms with Gasteiger partial charge in [-0.05, 0) is 111 Å². The molecule has 0 amide bonds. The van der Waals surface area contributed by atoms with Crippen LogP contribution in [0, 0.1) is 0 Å². The molecule has 0 bridgehead atoms. The van der Waals surface area contributed by atoms with Crippen LogP contribution in [0.1, 0.15) is 43.5 Å². The van der Waals surface area contributed by atoms with Gasteiger partial charge in [-0.3, -0.25) is 0 Å². The number of aryl methyl sites for hydroxylation is 1. The number of allylic oxidation sites excluding steroid dienone is 7. The molecule has 2 atom stereocenters. The molecule has 4 heteroatoms. The number of hydrogen-bond acceptors (Lipinski definition) is 1. The van der Waals surface area contributed by atoms with Crippen LogP contribution in [0.25, 0.3) is 66.3 Å². The Kier molecular flexibility index (Phi) is 7.65. The molecule has 0 spiro atoms. The minimum absolute atomic E-state index is 0.234. The van der Waals surface area contributed by atoms with Crippen molar-refractivity contribution in [1.29, 1.82) is 0 Å². The SMILES string of the molecule is CC1(n2c3ccccc3c3ccccc32)C=CC(N(C2=CCC(n3c4c(c5ccccc53)CCC=C4)C=C2)c2ccc(-n3c4ccccc4c4ccccc43)cc2)=CC1. The van der Waals surface area contributed by atoms with E-state index >= 15 is 0 Å². The second-order valence-electron chi connectivity index (χ2n) is 16.6. The standard InChI is InChI=1S/C55H44N4/c1-55(59-53-24-12-6-18-47(53)48-19-7-13-25-54(48)59)36-34-42(35-37-55)56(38-26-30-40(31-27-38)57-49-20-8-2-14-43(49)44-15-3-9-21-50(44)57)39-28-32-41(33-29-39)58-51-22-10-4-16-45(51)46-17-5-11-23-52(46)58/h2-4,6-16,18-32,34-36,41H,5,17,33,37H2,1H3. The molecule has 0 radical (unpaired) electrons. The second-order valence-corrected chi connectivity index (χ2v) is 16.6. The normalized spacial score (nSPS) is 18.9. The highest BCUT2D eigenvalue weighted by Gasteiger charge is 2.31. The molecule has 59 heavy (non-hydrogen) atoms. The molecule has 6 aromatic carbocycles. The van der Waals surface area contributed by atoms with Crippen LogP contribution in [-0.4, -0.2) is 13.7 Å². The highest BCUT2D eigenvalue weighted by Crippen LogP contribution is 2.42. The van der Waals surface area contributed by atoms with Gasteiger partial charge in [-0.2, -0.15) is 0 Å². The molecule has 3 heterocycles. The van der Waals surface area contributed by atoms with E-state index in [-0.39, 0.29) is 11.6 Å². The first-order valence-electron chi connectivity index (χ1n) is 21.1. The zero-order valence-electron chi connectivity index (χ0n) is 33.2. The summed E-state index contributed by atoms with van der Waals surface area (Å²) in [7, 11) is 0. The van der Waals surface area contributed by atoms with Gasteiger partial charge in [0.15, 0.2) is 0 Å². The molecule has 0 saturated heterocycles. The molecule has 12 rings (SSSR count). The topological polar surface area (TPSA) is 18.0 Å². The molecule has 0 aliphatic heterocycles. The number of nitrogens with zero attached hydrogens (tertiary/aromatic N) is 4. The van der Waals surface area contributed by atoms with E-state index in [2.05, 4.69) is 220 Å². The van der Waals surface area contributed by atoms with Crippen LogP contribution in [0.3, 0.4) is 0 Å². The van der Waals surface area contributed by atoms with Crippen LogP contribution in [-0.2, 0) is 12.0 Å². The summed E-state index contributed by atoms with van der Waals surface area (Å²) in [5.74, 6) is 0. The van der Waals surface area contributed by atoms with Gasteiger partial charge in [0.25, 0.3) is 0 Å². The summed E-state index contributed by atoms with van der Waals surface area (Å²) in [5.41, 5.74) is 13.6. The van der Waals surface area contributed by atoms with Crippen molar-refractivity contribution in [2.24, 2.45) is 0 Å². The smallest absolute Gasteiger partial charge is 0.0644 e. The van der Waals surface area contributed by atoms with E-state index in [1.165, 1.54) is 77.2 Å². The third-order valence-electron chi connectivity index (χ3n) is 13.2. The Hall–Kier alpha value is -7.04. The van der Waals surface area contributed by atoms with Crippen molar-refractivity contribution >= 4 is 66.3 Å². The third kappa shape index (κ3) is 5.22. The minimum atomic E-state index is -0.234. The van der Waals surface area contributed by atoms with Crippen LogP contribution in [0.2, 0.25) is 0 Å². The molecule has 3 aromatic heterocycles. The van der Waals surface area contributed by atoms with E-state index in [0.717, 1.165) is 37.1 Å². The van der Waals surface area contributed by atoms with Crippen molar-refractivity contribution in [2.45, 2.75) is 44.2 Å². The Labute approximate surface area is 344 Å². The maximum Gasteiger partial charge on any atom is 0.0644 e. The molecule has 0 saturated carbocycles. The van der Waals surface area contributed by atoms with Crippen molar-refractivity contribution in [3.8, 4) is 5.69 Å². The van der Waals surface area contributed by atoms with Crippen molar-refractivity contribution in [2.75, 3.05) is 4.90 Å². The molecule has 9 aromatic rings. The largest absolute Gasteiger partial charge is 0.333 e. The Balaban J connectivity index is 0.947. The monoisotopic (exact) mass is 760 g/mol. The Bertz CT molecular complexity index is 3190. The average molecular weight is 761 g/mol. The zero-order valence-corrected chi connectivity index (χ0v) is 33.2. The third-order valence-corrected chi connectivity index (χ3v) is 13.2. The fourth-order valence-corrected chi connectivity index (χ4v) is 10.4. The first-order chi connectivity index (χ1) is 29.1. The maximum absolute atomic E-state index is 2.58. The number of rotatable bonds is 6. The predicted molar refractivity (Wildman–Crippen MR) is 248 cm³/mol. The van der Waals surface area contributed by atoms with Crippen molar-refractivity contribution in [3.63, 3.8) is 0 Å². The first kappa shape index (κ1) is 34.0. The number of benzene rings is 6. The summed E-state index contributed by atoms with van der Waals surface area (Å²) < 4.78 is 7.52. The molecule has 0 fully saturated rings.